The molecular formula is C21H24N2O6. The number of carbonyl (C=O) groups is 1. The molecule has 4 rings (SSSR count). The molecule has 2 aliphatic heterocycles. The Kier molecular flexibility index (Phi) is 6.12. The van der Waals surface area contributed by atoms with E-state index in [1.54, 1.807) is 43.6 Å². The van der Waals surface area contributed by atoms with Gasteiger partial charge in [-0.05, 0) is 24.3 Å². The first-order chi connectivity index (χ1) is 14.2. The second-order valence-electron chi connectivity index (χ2n) is 6.85. The van der Waals surface area contributed by atoms with Crippen LogP contribution >= 0.6 is 0 Å². The summed E-state index contributed by atoms with van der Waals surface area (Å²) in [6.45, 7) is 2.21. The van der Waals surface area contributed by atoms with Crippen LogP contribution in [0.3, 0.4) is 0 Å². The van der Waals surface area contributed by atoms with Crippen LogP contribution in [0.25, 0.3) is 0 Å². The van der Waals surface area contributed by atoms with E-state index in [1.165, 1.54) is 0 Å². The summed E-state index contributed by atoms with van der Waals surface area (Å²) in [6.07, 6.45) is 2.83. The lowest BCUT2D eigenvalue weighted by Crippen LogP contribution is -2.23. The molecule has 0 spiro atoms. The van der Waals surface area contributed by atoms with Crippen molar-refractivity contribution < 1.29 is 28.5 Å². The molecule has 8 heteroatoms. The number of anilines is 1. The molecular weight excluding hydrogens is 376 g/mol. The fourth-order valence-electron chi connectivity index (χ4n) is 3.28. The van der Waals surface area contributed by atoms with E-state index >= 15 is 0 Å². The lowest BCUT2D eigenvalue weighted by atomic mass is 10.1. The number of amides is 1. The van der Waals surface area contributed by atoms with Crippen LogP contribution in [0.1, 0.15) is 23.2 Å². The maximum atomic E-state index is 13.0. The minimum atomic E-state index is -0.340. The lowest BCUT2D eigenvalue weighted by Gasteiger charge is -2.22. The van der Waals surface area contributed by atoms with Gasteiger partial charge in [0.15, 0.2) is 11.5 Å². The van der Waals surface area contributed by atoms with Crippen molar-refractivity contribution in [2.75, 3.05) is 38.9 Å². The first kappa shape index (κ1) is 19.5. The van der Waals surface area contributed by atoms with E-state index in [1.807, 2.05) is 0 Å². The molecule has 1 aromatic carbocycles. The maximum Gasteiger partial charge on any atom is 0.260 e. The molecule has 2 saturated heterocycles. The minimum Gasteiger partial charge on any atom is -0.493 e. The normalized spacial score (nSPS) is 21.0. The number of hydrogen-bond donors (Lipinski definition) is 1. The number of rotatable bonds is 7. The summed E-state index contributed by atoms with van der Waals surface area (Å²) in [4.78, 5) is 17.2. The zero-order valence-corrected chi connectivity index (χ0v) is 16.3. The smallest absolute Gasteiger partial charge is 0.260 e. The highest BCUT2D eigenvalue weighted by molar-refractivity contribution is 6.06. The van der Waals surface area contributed by atoms with Crippen LogP contribution in [0.5, 0.6) is 17.2 Å². The largest absolute Gasteiger partial charge is 0.493 e. The zero-order chi connectivity index (χ0) is 20.1. The van der Waals surface area contributed by atoms with E-state index in [0.29, 0.717) is 55.1 Å². The number of pyridine rings is 1. The maximum absolute atomic E-state index is 13.0. The van der Waals surface area contributed by atoms with Crippen molar-refractivity contribution in [3.63, 3.8) is 0 Å². The molecule has 8 nitrogen and oxygen atoms in total. The number of aromatic nitrogens is 1. The highest BCUT2D eigenvalue weighted by atomic mass is 16.6. The molecule has 0 aliphatic carbocycles. The van der Waals surface area contributed by atoms with Crippen LogP contribution in [0, 0.1) is 0 Å². The second kappa shape index (κ2) is 9.11. The van der Waals surface area contributed by atoms with Crippen molar-refractivity contribution in [1.82, 2.24) is 4.98 Å². The summed E-state index contributed by atoms with van der Waals surface area (Å²) in [7, 11) is 1.56. The Labute approximate surface area is 169 Å². The molecule has 2 fully saturated rings. The van der Waals surface area contributed by atoms with Gasteiger partial charge in [-0.15, -0.1) is 0 Å². The molecule has 29 heavy (non-hydrogen) atoms. The van der Waals surface area contributed by atoms with Gasteiger partial charge in [-0.3, -0.25) is 4.79 Å². The van der Waals surface area contributed by atoms with Crippen LogP contribution in [-0.2, 0) is 9.47 Å². The van der Waals surface area contributed by atoms with Gasteiger partial charge in [0, 0.05) is 19.0 Å². The predicted molar refractivity (Wildman–Crippen MR) is 105 cm³/mol. The first-order valence-corrected chi connectivity index (χ1v) is 9.67. The molecule has 2 aromatic rings. The third-order valence-electron chi connectivity index (χ3n) is 4.79. The van der Waals surface area contributed by atoms with Crippen molar-refractivity contribution in [3.8, 4) is 17.2 Å². The van der Waals surface area contributed by atoms with Crippen LogP contribution in [-0.4, -0.2) is 56.6 Å². The van der Waals surface area contributed by atoms with Gasteiger partial charge in [0.1, 0.15) is 18.0 Å². The minimum absolute atomic E-state index is 0.125. The molecule has 2 unspecified atom stereocenters. The van der Waals surface area contributed by atoms with Gasteiger partial charge in [0.05, 0.1) is 39.1 Å². The number of carbonyl (C=O) groups excluding carboxylic acids is 1. The van der Waals surface area contributed by atoms with Gasteiger partial charge in [0.2, 0.25) is 5.75 Å². The summed E-state index contributed by atoms with van der Waals surface area (Å²) in [5.74, 6) is 1.37. The molecule has 0 saturated carbocycles. The van der Waals surface area contributed by atoms with Crippen molar-refractivity contribution in [3.05, 3.63) is 42.1 Å². The number of nitrogens with zero attached hydrogens (tertiary/aromatic N) is 1. The molecule has 1 aromatic heterocycles. The van der Waals surface area contributed by atoms with Crippen LogP contribution in [0.2, 0.25) is 0 Å². The first-order valence-electron chi connectivity index (χ1n) is 9.67. The van der Waals surface area contributed by atoms with Crippen molar-refractivity contribution in [2.24, 2.45) is 0 Å². The average molecular weight is 400 g/mol. The summed E-state index contributed by atoms with van der Waals surface area (Å²) in [6, 6.07) is 8.68. The third-order valence-corrected chi connectivity index (χ3v) is 4.79. The molecule has 2 aliphatic rings. The van der Waals surface area contributed by atoms with Crippen LogP contribution in [0.4, 0.5) is 5.82 Å². The fourth-order valence-corrected chi connectivity index (χ4v) is 3.28. The fraction of sp³-hybridized carbons (Fsp3) is 0.429. The van der Waals surface area contributed by atoms with E-state index in [2.05, 4.69) is 10.3 Å². The molecule has 0 bridgehead atoms. The highest BCUT2D eigenvalue weighted by Gasteiger charge is 2.29. The zero-order valence-electron chi connectivity index (χ0n) is 16.3. The Bertz CT molecular complexity index is 833. The topological polar surface area (TPSA) is 88.1 Å². The van der Waals surface area contributed by atoms with Crippen molar-refractivity contribution in [2.45, 2.75) is 25.0 Å². The van der Waals surface area contributed by atoms with Crippen molar-refractivity contribution >= 4 is 11.7 Å². The van der Waals surface area contributed by atoms with Gasteiger partial charge in [-0.2, -0.15) is 0 Å². The molecule has 1 N–H and O–H groups in total. The summed E-state index contributed by atoms with van der Waals surface area (Å²) in [5, 5.41) is 2.80. The van der Waals surface area contributed by atoms with Gasteiger partial charge in [-0.1, -0.05) is 6.07 Å². The Morgan fingerprint density at radius 2 is 1.76 bits per heavy atom. The van der Waals surface area contributed by atoms with E-state index in [9.17, 15) is 4.79 Å². The predicted octanol–water partition coefficient (Wildman–Crippen LogP) is 2.68. The van der Waals surface area contributed by atoms with E-state index in [0.717, 1.165) is 12.8 Å². The Balaban J connectivity index is 1.68. The summed E-state index contributed by atoms with van der Waals surface area (Å²) >= 11 is 0. The molecule has 3 heterocycles. The standard InChI is InChI=1S/C21H24N2O6/c1-25-17-6-5-16(21(24)23-18-4-2-3-9-22-18)19(28-14-7-10-26-12-14)20(17)29-15-8-11-27-13-15/h2-6,9,14-15H,7-8,10-13H2,1H3,(H,22,23,24). The van der Waals surface area contributed by atoms with E-state index in [-0.39, 0.29) is 18.1 Å². The summed E-state index contributed by atoms with van der Waals surface area (Å²) < 4.78 is 28.7. The number of nitrogens with one attached hydrogen (secondary N) is 1. The van der Waals surface area contributed by atoms with Gasteiger partial charge < -0.3 is 29.0 Å². The van der Waals surface area contributed by atoms with Crippen molar-refractivity contribution in [1.29, 1.82) is 0 Å². The molecule has 0 radical (unpaired) electrons. The number of benzene rings is 1. The monoisotopic (exact) mass is 400 g/mol. The molecule has 154 valence electrons. The number of methoxy groups -OCH3 is 1. The van der Waals surface area contributed by atoms with E-state index in [4.69, 9.17) is 23.7 Å². The molecule has 1 amide bonds. The Morgan fingerprint density at radius 3 is 2.34 bits per heavy atom. The van der Waals surface area contributed by atoms with Gasteiger partial charge in [0.25, 0.3) is 5.91 Å². The van der Waals surface area contributed by atoms with Crippen LogP contribution < -0.4 is 19.5 Å². The van der Waals surface area contributed by atoms with Gasteiger partial charge in [-0.25, -0.2) is 4.98 Å². The average Bonchev–Trinajstić information content (AvgIpc) is 3.44. The second-order valence-corrected chi connectivity index (χ2v) is 6.85. The SMILES string of the molecule is COc1ccc(C(=O)Nc2ccccn2)c(OC2CCOC2)c1OC1CCOC1. The quantitative estimate of drug-likeness (QED) is 0.764. The highest BCUT2D eigenvalue weighted by Crippen LogP contribution is 2.42. The molecule has 2 atom stereocenters. The van der Waals surface area contributed by atoms with E-state index < -0.39 is 0 Å². The summed E-state index contributed by atoms with van der Waals surface area (Å²) in [5.41, 5.74) is 0.345. The van der Waals surface area contributed by atoms with Gasteiger partial charge >= 0.3 is 0 Å². The third kappa shape index (κ3) is 4.60. The Morgan fingerprint density at radius 1 is 1.03 bits per heavy atom. The number of ether oxygens (including phenoxy) is 5. The lowest BCUT2D eigenvalue weighted by molar-refractivity contribution is 0.0999. The van der Waals surface area contributed by atoms with Crippen LogP contribution in [0.15, 0.2) is 36.5 Å². The number of hydrogen-bond acceptors (Lipinski definition) is 7. The Hall–Kier alpha value is -2.84.